The zero-order chi connectivity index (χ0) is 13.5. The molecular formula is C14H15NO3. The number of nitrogens with one attached hydrogen (secondary N) is 1. The van der Waals surface area contributed by atoms with Gasteiger partial charge in [0.2, 0.25) is 0 Å². The lowest BCUT2D eigenvalue weighted by Gasteiger charge is -2.14. The first-order valence-corrected chi connectivity index (χ1v) is 5.53. The van der Waals surface area contributed by atoms with Gasteiger partial charge in [0.25, 0.3) is 5.91 Å². The standard InChI is InChI=1S/C14H15NO3/c1-4-8-15-14(17)11(3)18-13-7-5-6-12(9-13)10(2)16/h1,5-7,9,11H,8H2,2-3H3,(H,15,17). The number of terminal acetylenes is 1. The van der Waals surface area contributed by atoms with Crippen molar-refractivity contribution in [3.8, 4) is 18.1 Å². The number of benzene rings is 1. The van der Waals surface area contributed by atoms with E-state index in [0.29, 0.717) is 11.3 Å². The summed E-state index contributed by atoms with van der Waals surface area (Å²) in [5.41, 5.74) is 0.545. The fourth-order valence-electron chi connectivity index (χ4n) is 1.33. The molecule has 0 heterocycles. The summed E-state index contributed by atoms with van der Waals surface area (Å²) in [6.45, 7) is 3.26. The largest absolute Gasteiger partial charge is 0.481 e. The van der Waals surface area contributed by atoms with E-state index in [-0.39, 0.29) is 18.2 Å². The van der Waals surface area contributed by atoms with Gasteiger partial charge < -0.3 is 10.1 Å². The summed E-state index contributed by atoms with van der Waals surface area (Å²) in [4.78, 5) is 22.7. The van der Waals surface area contributed by atoms with E-state index in [4.69, 9.17) is 11.2 Å². The Morgan fingerprint density at radius 2 is 2.22 bits per heavy atom. The van der Waals surface area contributed by atoms with Gasteiger partial charge in [0, 0.05) is 5.56 Å². The van der Waals surface area contributed by atoms with Gasteiger partial charge in [0.1, 0.15) is 5.75 Å². The van der Waals surface area contributed by atoms with Crippen molar-refractivity contribution in [2.45, 2.75) is 20.0 Å². The molecule has 18 heavy (non-hydrogen) atoms. The molecule has 1 amide bonds. The Morgan fingerprint density at radius 1 is 1.50 bits per heavy atom. The molecule has 1 unspecified atom stereocenters. The molecule has 1 aromatic carbocycles. The molecule has 0 radical (unpaired) electrons. The highest BCUT2D eigenvalue weighted by Crippen LogP contribution is 2.15. The van der Waals surface area contributed by atoms with Gasteiger partial charge in [-0.3, -0.25) is 9.59 Å². The maximum absolute atomic E-state index is 11.5. The number of carbonyl (C=O) groups excluding carboxylic acids is 2. The van der Waals surface area contributed by atoms with Crippen molar-refractivity contribution in [2.24, 2.45) is 0 Å². The average molecular weight is 245 g/mol. The van der Waals surface area contributed by atoms with Gasteiger partial charge in [-0.2, -0.15) is 0 Å². The highest BCUT2D eigenvalue weighted by Gasteiger charge is 2.14. The lowest BCUT2D eigenvalue weighted by atomic mass is 10.1. The van der Waals surface area contributed by atoms with E-state index in [1.165, 1.54) is 6.92 Å². The molecule has 4 nitrogen and oxygen atoms in total. The third kappa shape index (κ3) is 3.95. The van der Waals surface area contributed by atoms with Crippen molar-refractivity contribution in [3.63, 3.8) is 0 Å². The number of hydrogen-bond donors (Lipinski definition) is 1. The van der Waals surface area contributed by atoms with E-state index in [0.717, 1.165) is 0 Å². The number of carbonyl (C=O) groups is 2. The predicted molar refractivity (Wildman–Crippen MR) is 68.4 cm³/mol. The van der Waals surface area contributed by atoms with Crippen LogP contribution in [0.3, 0.4) is 0 Å². The molecule has 0 aliphatic carbocycles. The SMILES string of the molecule is C#CCNC(=O)C(C)Oc1cccc(C(C)=O)c1. The number of ketones is 1. The van der Waals surface area contributed by atoms with Gasteiger partial charge >= 0.3 is 0 Å². The summed E-state index contributed by atoms with van der Waals surface area (Å²) >= 11 is 0. The first-order chi connectivity index (χ1) is 8.54. The third-order valence-corrected chi connectivity index (χ3v) is 2.29. The molecule has 0 saturated carbocycles. The second-order valence-corrected chi connectivity index (χ2v) is 3.77. The van der Waals surface area contributed by atoms with Crippen molar-refractivity contribution in [3.05, 3.63) is 29.8 Å². The van der Waals surface area contributed by atoms with E-state index in [2.05, 4.69) is 11.2 Å². The molecular weight excluding hydrogens is 230 g/mol. The molecule has 1 aromatic rings. The zero-order valence-corrected chi connectivity index (χ0v) is 10.4. The van der Waals surface area contributed by atoms with Crippen LogP contribution in [0.25, 0.3) is 0 Å². The van der Waals surface area contributed by atoms with Crippen LogP contribution in [0.15, 0.2) is 24.3 Å². The highest BCUT2D eigenvalue weighted by molar-refractivity contribution is 5.94. The minimum Gasteiger partial charge on any atom is -0.481 e. The molecule has 1 N–H and O–H groups in total. The Morgan fingerprint density at radius 3 is 2.83 bits per heavy atom. The lowest BCUT2D eigenvalue weighted by Crippen LogP contribution is -2.36. The number of Topliss-reactive ketones (excluding diaryl/α,β-unsaturated/α-hetero) is 1. The molecule has 0 aliphatic rings. The van der Waals surface area contributed by atoms with Gasteiger partial charge in [-0.1, -0.05) is 18.1 Å². The van der Waals surface area contributed by atoms with Gasteiger partial charge in [-0.25, -0.2) is 0 Å². The van der Waals surface area contributed by atoms with Crippen LogP contribution in [-0.4, -0.2) is 24.3 Å². The van der Waals surface area contributed by atoms with E-state index in [1.807, 2.05) is 0 Å². The molecule has 0 aromatic heterocycles. The van der Waals surface area contributed by atoms with Crippen LogP contribution in [0.5, 0.6) is 5.75 Å². The lowest BCUT2D eigenvalue weighted by molar-refractivity contribution is -0.126. The zero-order valence-electron chi connectivity index (χ0n) is 10.4. The average Bonchev–Trinajstić information content (AvgIpc) is 2.36. The second kappa shape index (κ2) is 6.45. The van der Waals surface area contributed by atoms with Crippen LogP contribution < -0.4 is 10.1 Å². The van der Waals surface area contributed by atoms with Gasteiger partial charge in [-0.15, -0.1) is 6.42 Å². The van der Waals surface area contributed by atoms with Gasteiger partial charge in [-0.05, 0) is 26.0 Å². The number of hydrogen-bond acceptors (Lipinski definition) is 3. The summed E-state index contributed by atoms with van der Waals surface area (Å²) in [7, 11) is 0. The summed E-state index contributed by atoms with van der Waals surface area (Å²) in [6.07, 6.45) is 4.37. The Labute approximate surface area is 106 Å². The quantitative estimate of drug-likeness (QED) is 0.630. The fraction of sp³-hybridized carbons (Fsp3) is 0.286. The molecule has 4 heteroatoms. The van der Waals surface area contributed by atoms with Crippen LogP contribution in [0.1, 0.15) is 24.2 Å². The van der Waals surface area contributed by atoms with E-state index >= 15 is 0 Å². The minimum atomic E-state index is -0.666. The van der Waals surface area contributed by atoms with Crippen molar-refractivity contribution < 1.29 is 14.3 Å². The van der Waals surface area contributed by atoms with E-state index in [1.54, 1.807) is 31.2 Å². The second-order valence-electron chi connectivity index (χ2n) is 3.77. The molecule has 1 atom stereocenters. The van der Waals surface area contributed by atoms with Crippen molar-refractivity contribution >= 4 is 11.7 Å². The normalized spacial score (nSPS) is 11.2. The highest BCUT2D eigenvalue weighted by atomic mass is 16.5. The Kier molecular flexibility index (Phi) is 4.94. The first-order valence-electron chi connectivity index (χ1n) is 5.53. The molecule has 0 saturated heterocycles. The Hall–Kier alpha value is -2.28. The minimum absolute atomic E-state index is 0.0510. The van der Waals surface area contributed by atoms with Crippen LogP contribution in [0, 0.1) is 12.3 Å². The monoisotopic (exact) mass is 245 g/mol. The number of amides is 1. The number of rotatable bonds is 5. The van der Waals surface area contributed by atoms with Crippen molar-refractivity contribution in [2.75, 3.05) is 6.54 Å². The topological polar surface area (TPSA) is 55.4 Å². The Bertz CT molecular complexity index is 488. The predicted octanol–water partition coefficient (Wildman–Crippen LogP) is 1.41. The maximum atomic E-state index is 11.5. The summed E-state index contributed by atoms with van der Waals surface area (Å²) in [6, 6.07) is 6.70. The Balaban J connectivity index is 2.67. The van der Waals surface area contributed by atoms with E-state index < -0.39 is 6.10 Å². The smallest absolute Gasteiger partial charge is 0.261 e. The van der Waals surface area contributed by atoms with Crippen LogP contribution in [0.2, 0.25) is 0 Å². The fourth-order valence-corrected chi connectivity index (χ4v) is 1.33. The van der Waals surface area contributed by atoms with Crippen LogP contribution in [0.4, 0.5) is 0 Å². The van der Waals surface area contributed by atoms with Gasteiger partial charge in [0.05, 0.1) is 6.54 Å². The van der Waals surface area contributed by atoms with Gasteiger partial charge in [0.15, 0.2) is 11.9 Å². The summed E-state index contributed by atoms with van der Waals surface area (Å²) in [5.74, 6) is 2.45. The molecule has 1 rings (SSSR count). The first kappa shape index (κ1) is 13.8. The van der Waals surface area contributed by atoms with Crippen molar-refractivity contribution in [1.29, 1.82) is 0 Å². The summed E-state index contributed by atoms with van der Waals surface area (Å²) < 4.78 is 5.43. The maximum Gasteiger partial charge on any atom is 0.261 e. The molecule has 0 fully saturated rings. The third-order valence-electron chi connectivity index (χ3n) is 2.29. The van der Waals surface area contributed by atoms with Crippen LogP contribution in [-0.2, 0) is 4.79 Å². The van der Waals surface area contributed by atoms with Crippen LogP contribution >= 0.6 is 0 Å². The molecule has 0 spiro atoms. The molecule has 0 bridgehead atoms. The summed E-state index contributed by atoms with van der Waals surface area (Å²) in [5, 5.41) is 2.52. The number of ether oxygens (including phenoxy) is 1. The van der Waals surface area contributed by atoms with Crippen molar-refractivity contribution in [1.82, 2.24) is 5.32 Å². The van der Waals surface area contributed by atoms with E-state index in [9.17, 15) is 9.59 Å². The molecule has 94 valence electrons. The molecule has 0 aliphatic heterocycles.